The van der Waals surface area contributed by atoms with Crippen LogP contribution in [0.3, 0.4) is 0 Å². The molecule has 1 heterocycles. The molecule has 0 amide bonds. The summed E-state index contributed by atoms with van der Waals surface area (Å²) in [7, 11) is 0. The third-order valence-electron chi connectivity index (χ3n) is 3.24. The van der Waals surface area contributed by atoms with Gasteiger partial charge in [-0.3, -0.25) is 0 Å². The van der Waals surface area contributed by atoms with E-state index in [-0.39, 0.29) is 12.7 Å². The number of nitrogens with zero attached hydrogens (tertiary/aromatic N) is 2. The first kappa shape index (κ1) is 13.1. The predicted octanol–water partition coefficient (Wildman–Crippen LogP) is 2.45. The van der Waals surface area contributed by atoms with Gasteiger partial charge in [0.2, 0.25) is 0 Å². The summed E-state index contributed by atoms with van der Waals surface area (Å²) >= 11 is 0. The fourth-order valence-corrected chi connectivity index (χ4v) is 2.04. The molecule has 2 aromatic rings. The van der Waals surface area contributed by atoms with Gasteiger partial charge in [-0.1, -0.05) is 17.3 Å². The Kier molecular flexibility index (Phi) is 3.69. The number of rotatable bonds is 6. The van der Waals surface area contributed by atoms with Crippen molar-refractivity contribution in [2.75, 3.05) is 0 Å². The molecule has 1 N–H and O–H groups in total. The van der Waals surface area contributed by atoms with E-state index in [1.807, 2.05) is 24.3 Å². The molecule has 20 heavy (non-hydrogen) atoms. The highest BCUT2D eigenvalue weighted by Gasteiger charge is 2.28. The minimum atomic E-state index is -0.332. The fourth-order valence-electron chi connectivity index (χ4n) is 2.04. The van der Waals surface area contributed by atoms with E-state index < -0.39 is 0 Å². The van der Waals surface area contributed by atoms with Crippen LogP contribution in [0.15, 0.2) is 28.8 Å². The van der Waals surface area contributed by atoms with Crippen molar-refractivity contribution < 1.29 is 14.4 Å². The molecule has 1 unspecified atom stereocenters. The molecule has 1 aromatic carbocycles. The van der Waals surface area contributed by atoms with Crippen molar-refractivity contribution in [3.05, 3.63) is 41.5 Å². The molecule has 1 fully saturated rings. The van der Waals surface area contributed by atoms with Gasteiger partial charge in [-0.25, -0.2) is 0 Å². The quantitative estimate of drug-likeness (QED) is 0.876. The Balaban J connectivity index is 1.54. The second kappa shape index (κ2) is 5.63. The Bertz CT molecular complexity index is 559. The first-order valence-corrected chi connectivity index (χ1v) is 6.93. The molecule has 0 spiro atoms. The zero-order chi connectivity index (χ0) is 13.9. The van der Waals surface area contributed by atoms with Gasteiger partial charge >= 0.3 is 0 Å². The number of hydrogen-bond donors (Lipinski definition) is 1. The molecule has 1 atom stereocenters. The summed E-state index contributed by atoms with van der Waals surface area (Å²) in [4.78, 5) is 4.31. The second-order valence-corrected chi connectivity index (χ2v) is 5.31. The Morgan fingerprint density at radius 1 is 1.35 bits per heavy atom. The molecular formula is C15H18N2O3. The van der Waals surface area contributed by atoms with Crippen LogP contribution < -0.4 is 4.74 Å². The molecule has 0 aliphatic heterocycles. The summed E-state index contributed by atoms with van der Waals surface area (Å²) in [6.45, 7) is 2.06. The molecule has 1 aliphatic rings. The van der Waals surface area contributed by atoms with Crippen LogP contribution in [0.25, 0.3) is 0 Å². The van der Waals surface area contributed by atoms with Crippen LogP contribution in [0.4, 0.5) is 0 Å². The first-order valence-electron chi connectivity index (χ1n) is 6.93. The van der Waals surface area contributed by atoms with Gasteiger partial charge in [-0.2, -0.15) is 4.98 Å². The lowest BCUT2D eigenvalue weighted by atomic mass is 10.1. The third-order valence-corrected chi connectivity index (χ3v) is 3.24. The van der Waals surface area contributed by atoms with Crippen molar-refractivity contribution in [1.82, 2.24) is 10.1 Å². The maximum Gasteiger partial charge on any atom is 0.264 e. The van der Waals surface area contributed by atoms with Gasteiger partial charge in [0, 0.05) is 5.92 Å². The number of aliphatic hydroxyl groups excluding tert-OH is 1. The van der Waals surface area contributed by atoms with Crippen LogP contribution in [-0.2, 0) is 13.0 Å². The SMILES string of the molecule is CC(O)Cc1ccc(OCc2nc(C3CC3)no2)cc1. The van der Waals surface area contributed by atoms with Gasteiger partial charge in [0.1, 0.15) is 5.75 Å². The van der Waals surface area contributed by atoms with E-state index in [0.29, 0.717) is 18.2 Å². The average Bonchev–Trinajstić information content (AvgIpc) is 3.17. The molecule has 1 aliphatic carbocycles. The van der Waals surface area contributed by atoms with Gasteiger partial charge in [-0.15, -0.1) is 0 Å². The van der Waals surface area contributed by atoms with Crippen LogP contribution in [0.5, 0.6) is 5.75 Å². The molecule has 1 aromatic heterocycles. The topological polar surface area (TPSA) is 68.4 Å². The maximum absolute atomic E-state index is 9.32. The Morgan fingerprint density at radius 3 is 2.75 bits per heavy atom. The summed E-state index contributed by atoms with van der Waals surface area (Å²) in [5, 5.41) is 13.3. The summed E-state index contributed by atoms with van der Waals surface area (Å²) in [5.74, 6) is 2.56. The van der Waals surface area contributed by atoms with Crippen LogP contribution in [0.2, 0.25) is 0 Å². The highest BCUT2D eigenvalue weighted by molar-refractivity contribution is 5.27. The van der Waals surface area contributed by atoms with E-state index in [4.69, 9.17) is 9.26 Å². The minimum Gasteiger partial charge on any atom is -0.484 e. The van der Waals surface area contributed by atoms with E-state index >= 15 is 0 Å². The van der Waals surface area contributed by atoms with E-state index in [9.17, 15) is 5.11 Å². The zero-order valence-electron chi connectivity index (χ0n) is 11.5. The molecular weight excluding hydrogens is 256 g/mol. The summed E-state index contributed by atoms with van der Waals surface area (Å²) in [6, 6.07) is 7.67. The summed E-state index contributed by atoms with van der Waals surface area (Å²) in [6.07, 6.45) is 2.63. The zero-order valence-corrected chi connectivity index (χ0v) is 11.5. The number of aliphatic hydroxyl groups is 1. The monoisotopic (exact) mass is 274 g/mol. The van der Waals surface area contributed by atoms with Crippen molar-refractivity contribution in [2.45, 2.75) is 44.8 Å². The van der Waals surface area contributed by atoms with Crippen LogP contribution in [0.1, 0.15) is 43.0 Å². The molecule has 5 heteroatoms. The molecule has 0 radical (unpaired) electrons. The standard InChI is InChI=1S/C15H18N2O3/c1-10(18)8-11-2-6-13(7-3-11)19-9-14-16-15(17-20-14)12-4-5-12/h2-3,6-7,10,12,18H,4-5,8-9H2,1H3. The molecule has 0 bridgehead atoms. The first-order chi connectivity index (χ1) is 9.70. The third kappa shape index (κ3) is 3.36. The highest BCUT2D eigenvalue weighted by Crippen LogP contribution is 2.38. The smallest absolute Gasteiger partial charge is 0.264 e. The van der Waals surface area contributed by atoms with Gasteiger partial charge < -0.3 is 14.4 Å². The fraction of sp³-hybridized carbons (Fsp3) is 0.467. The van der Waals surface area contributed by atoms with Crippen molar-refractivity contribution >= 4 is 0 Å². The molecule has 5 nitrogen and oxygen atoms in total. The molecule has 3 rings (SSSR count). The van der Waals surface area contributed by atoms with Crippen LogP contribution in [0, 0.1) is 0 Å². The van der Waals surface area contributed by atoms with E-state index in [1.165, 1.54) is 0 Å². The normalized spacial score (nSPS) is 16.1. The van der Waals surface area contributed by atoms with Crippen molar-refractivity contribution in [3.8, 4) is 5.75 Å². The van der Waals surface area contributed by atoms with Crippen LogP contribution in [-0.4, -0.2) is 21.4 Å². The average molecular weight is 274 g/mol. The summed E-state index contributed by atoms with van der Waals surface area (Å²) < 4.78 is 10.8. The lowest BCUT2D eigenvalue weighted by molar-refractivity contribution is 0.195. The van der Waals surface area contributed by atoms with E-state index in [0.717, 1.165) is 30.0 Å². The van der Waals surface area contributed by atoms with E-state index in [2.05, 4.69) is 10.1 Å². The molecule has 0 saturated heterocycles. The van der Waals surface area contributed by atoms with Crippen LogP contribution >= 0.6 is 0 Å². The molecule has 1 saturated carbocycles. The van der Waals surface area contributed by atoms with Gasteiger partial charge in [-0.05, 0) is 43.9 Å². The largest absolute Gasteiger partial charge is 0.484 e. The minimum absolute atomic E-state index is 0.287. The second-order valence-electron chi connectivity index (χ2n) is 5.31. The van der Waals surface area contributed by atoms with Gasteiger partial charge in [0.15, 0.2) is 12.4 Å². The Labute approximate surface area is 117 Å². The maximum atomic E-state index is 9.32. The number of aromatic nitrogens is 2. The number of benzene rings is 1. The number of ether oxygens (including phenoxy) is 1. The van der Waals surface area contributed by atoms with Gasteiger partial charge in [0.05, 0.1) is 6.10 Å². The van der Waals surface area contributed by atoms with E-state index in [1.54, 1.807) is 6.92 Å². The lowest BCUT2D eigenvalue weighted by Crippen LogP contribution is -2.04. The number of hydrogen-bond acceptors (Lipinski definition) is 5. The van der Waals surface area contributed by atoms with Crippen molar-refractivity contribution in [1.29, 1.82) is 0 Å². The Morgan fingerprint density at radius 2 is 2.10 bits per heavy atom. The Hall–Kier alpha value is -1.88. The molecule has 106 valence electrons. The lowest BCUT2D eigenvalue weighted by Gasteiger charge is -2.06. The predicted molar refractivity (Wildman–Crippen MR) is 72.4 cm³/mol. The highest BCUT2D eigenvalue weighted by atomic mass is 16.5. The van der Waals surface area contributed by atoms with Gasteiger partial charge in [0.25, 0.3) is 5.89 Å². The van der Waals surface area contributed by atoms with Crippen molar-refractivity contribution in [2.24, 2.45) is 0 Å². The van der Waals surface area contributed by atoms with Crippen molar-refractivity contribution in [3.63, 3.8) is 0 Å². The summed E-state index contributed by atoms with van der Waals surface area (Å²) in [5.41, 5.74) is 1.08.